The fourth-order valence-corrected chi connectivity index (χ4v) is 1.33. The van der Waals surface area contributed by atoms with E-state index in [1.807, 2.05) is 0 Å². The third-order valence-electron chi connectivity index (χ3n) is 2.14. The van der Waals surface area contributed by atoms with E-state index in [-0.39, 0.29) is 5.78 Å². The SMILES string of the molecule is Cc1[nH]cnc1C(=O)c1ccncc1N. The molecular weight excluding hydrogens is 192 g/mol. The van der Waals surface area contributed by atoms with E-state index in [1.165, 1.54) is 18.7 Å². The fourth-order valence-electron chi connectivity index (χ4n) is 1.33. The Kier molecular flexibility index (Phi) is 2.21. The van der Waals surface area contributed by atoms with Crippen molar-refractivity contribution < 1.29 is 4.79 Å². The van der Waals surface area contributed by atoms with Crippen LogP contribution in [0.3, 0.4) is 0 Å². The Labute approximate surface area is 86.4 Å². The Morgan fingerprint density at radius 3 is 2.93 bits per heavy atom. The molecule has 0 aliphatic heterocycles. The van der Waals surface area contributed by atoms with Gasteiger partial charge in [-0.2, -0.15) is 0 Å². The number of aromatic nitrogens is 3. The summed E-state index contributed by atoms with van der Waals surface area (Å²) < 4.78 is 0. The molecule has 0 radical (unpaired) electrons. The summed E-state index contributed by atoms with van der Waals surface area (Å²) in [7, 11) is 0. The number of nitrogens with one attached hydrogen (secondary N) is 1. The maximum Gasteiger partial charge on any atom is 0.215 e. The number of imidazole rings is 1. The number of pyridine rings is 1. The number of carbonyl (C=O) groups excluding carboxylic acids is 1. The second-order valence-electron chi connectivity index (χ2n) is 3.17. The van der Waals surface area contributed by atoms with Gasteiger partial charge in [0, 0.05) is 11.9 Å². The van der Waals surface area contributed by atoms with Crippen molar-refractivity contribution in [3.05, 3.63) is 41.7 Å². The van der Waals surface area contributed by atoms with Crippen LogP contribution in [0, 0.1) is 6.92 Å². The first-order chi connectivity index (χ1) is 7.20. The van der Waals surface area contributed by atoms with Crippen LogP contribution in [0.5, 0.6) is 0 Å². The molecule has 2 heterocycles. The largest absolute Gasteiger partial charge is 0.397 e. The molecule has 0 fully saturated rings. The predicted molar refractivity (Wildman–Crippen MR) is 55.4 cm³/mol. The van der Waals surface area contributed by atoms with Crippen molar-refractivity contribution in [2.24, 2.45) is 0 Å². The minimum absolute atomic E-state index is 0.186. The lowest BCUT2D eigenvalue weighted by Crippen LogP contribution is -2.07. The van der Waals surface area contributed by atoms with E-state index in [0.717, 1.165) is 5.69 Å². The Morgan fingerprint density at radius 1 is 1.53 bits per heavy atom. The number of anilines is 1. The minimum Gasteiger partial charge on any atom is -0.397 e. The summed E-state index contributed by atoms with van der Waals surface area (Å²) in [5.74, 6) is -0.186. The molecule has 2 rings (SSSR count). The number of nitrogens with two attached hydrogens (primary N) is 1. The number of aromatic amines is 1. The molecule has 5 heteroatoms. The Hall–Kier alpha value is -2.17. The van der Waals surface area contributed by atoms with Gasteiger partial charge in [0.1, 0.15) is 5.69 Å². The first-order valence-electron chi connectivity index (χ1n) is 4.44. The number of nitrogens with zero attached hydrogens (tertiary/aromatic N) is 2. The normalized spacial score (nSPS) is 10.2. The van der Waals surface area contributed by atoms with Crippen LogP contribution in [0.1, 0.15) is 21.7 Å². The van der Waals surface area contributed by atoms with E-state index in [2.05, 4.69) is 15.0 Å². The first-order valence-corrected chi connectivity index (χ1v) is 4.44. The van der Waals surface area contributed by atoms with E-state index >= 15 is 0 Å². The molecule has 0 saturated carbocycles. The smallest absolute Gasteiger partial charge is 0.215 e. The average Bonchev–Trinajstić information content (AvgIpc) is 2.64. The fraction of sp³-hybridized carbons (Fsp3) is 0.100. The van der Waals surface area contributed by atoms with Gasteiger partial charge in [-0.25, -0.2) is 4.98 Å². The zero-order valence-electron chi connectivity index (χ0n) is 8.19. The van der Waals surface area contributed by atoms with Gasteiger partial charge in [0.25, 0.3) is 0 Å². The lowest BCUT2D eigenvalue weighted by atomic mass is 10.1. The maximum absolute atomic E-state index is 12.0. The van der Waals surface area contributed by atoms with Crippen LogP contribution in [0.25, 0.3) is 0 Å². The van der Waals surface area contributed by atoms with Gasteiger partial charge in [-0.1, -0.05) is 0 Å². The number of H-pyrrole nitrogens is 1. The molecule has 0 unspecified atom stereocenters. The Bertz CT molecular complexity index is 504. The van der Waals surface area contributed by atoms with Crippen molar-refractivity contribution >= 4 is 11.5 Å². The molecule has 3 N–H and O–H groups in total. The second kappa shape index (κ2) is 3.53. The van der Waals surface area contributed by atoms with Crippen LogP contribution >= 0.6 is 0 Å². The van der Waals surface area contributed by atoms with Gasteiger partial charge in [0.15, 0.2) is 0 Å². The summed E-state index contributed by atoms with van der Waals surface area (Å²) in [5.41, 5.74) is 7.58. The van der Waals surface area contributed by atoms with Crippen LogP contribution in [-0.2, 0) is 0 Å². The van der Waals surface area contributed by atoms with E-state index < -0.39 is 0 Å². The number of aryl methyl sites for hydroxylation is 1. The summed E-state index contributed by atoms with van der Waals surface area (Å²) in [4.78, 5) is 22.6. The maximum atomic E-state index is 12.0. The first kappa shape index (κ1) is 9.39. The van der Waals surface area contributed by atoms with Crippen molar-refractivity contribution in [2.75, 3.05) is 5.73 Å². The van der Waals surface area contributed by atoms with Gasteiger partial charge in [-0.3, -0.25) is 9.78 Å². The number of hydrogen-bond donors (Lipinski definition) is 2. The highest BCUT2D eigenvalue weighted by molar-refractivity contribution is 6.11. The molecule has 15 heavy (non-hydrogen) atoms. The third kappa shape index (κ3) is 1.59. The van der Waals surface area contributed by atoms with Crippen molar-refractivity contribution in [3.63, 3.8) is 0 Å². The lowest BCUT2D eigenvalue weighted by molar-refractivity contribution is 0.103. The molecule has 0 saturated heterocycles. The van der Waals surface area contributed by atoms with Crippen molar-refractivity contribution in [3.8, 4) is 0 Å². The van der Waals surface area contributed by atoms with Crippen molar-refractivity contribution in [2.45, 2.75) is 6.92 Å². The van der Waals surface area contributed by atoms with Gasteiger partial charge in [-0.05, 0) is 13.0 Å². The molecule has 5 nitrogen and oxygen atoms in total. The molecule has 2 aromatic rings. The summed E-state index contributed by atoms with van der Waals surface area (Å²) in [6.07, 6.45) is 4.47. The minimum atomic E-state index is -0.186. The van der Waals surface area contributed by atoms with E-state index in [9.17, 15) is 4.79 Å². The number of ketones is 1. The third-order valence-corrected chi connectivity index (χ3v) is 2.14. The van der Waals surface area contributed by atoms with Crippen molar-refractivity contribution in [1.82, 2.24) is 15.0 Å². The highest BCUT2D eigenvalue weighted by Gasteiger charge is 2.16. The predicted octanol–water partition coefficient (Wildman–Crippen LogP) is 0.926. The van der Waals surface area contributed by atoms with Crippen LogP contribution in [-0.4, -0.2) is 20.7 Å². The number of rotatable bonds is 2. The molecule has 0 amide bonds. The standard InChI is InChI=1S/C10H10N4O/c1-6-9(14-5-13-6)10(15)7-2-3-12-4-8(7)11/h2-5H,11H2,1H3,(H,13,14). The number of hydrogen-bond acceptors (Lipinski definition) is 4. The van der Waals surface area contributed by atoms with Gasteiger partial charge < -0.3 is 10.7 Å². The van der Waals surface area contributed by atoms with E-state index in [0.29, 0.717) is 16.9 Å². The molecule has 76 valence electrons. The Morgan fingerprint density at radius 2 is 2.33 bits per heavy atom. The van der Waals surface area contributed by atoms with E-state index in [4.69, 9.17) is 5.73 Å². The second-order valence-corrected chi connectivity index (χ2v) is 3.17. The number of nitrogen functional groups attached to an aromatic ring is 1. The highest BCUT2D eigenvalue weighted by Crippen LogP contribution is 2.15. The van der Waals surface area contributed by atoms with Crippen molar-refractivity contribution in [1.29, 1.82) is 0 Å². The molecule has 2 aromatic heterocycles. The number of carbonyl (C=O) groups is 1. The van der Waals surface area contributed by atoms with Gasteiger partial charge in [0.2, 0.25) is 5.78 Å². The van der Waals surface area contributed by atoms with Crippen LogP contribution in [0.15, 0.2) is 24.8 Å². The molecule has 0 aromatic carbocycles. The molecule has 0 atom stereocenters. The molecule has 0 aliphatic carbocycles. The molecule has 0 spiro atoms. The molecule has 0 bridgehead atoms. The lowest BCUT2D eigenvalue weighted by Gasteiger charge is -2.01. The van der Waals surface area contributed by atoms with Crippen LogP contribution in [0.4, 0.5) is 5.69 Å². The quantitative estimate of drug-likeness (QED) is 0.709. The highest BCUT2D eigenvalue weighted by atomic mass is 16.1. The van der Waals surface area contributed by atoms with Gasteiger partial charge in [0.05, 0.1) is 23.8 Å². The summed E-state index contributed by atoms with van der Waals surface area (Å²) in [6.45, 7) is 1.79. The molecular formula is C10H10N4O. The zero-order valence-corrected chi connectivity index (χ0v) is 8.19. The summed E-state index contributed by atoms with van der Waals surface area (Å²) >= 11 is 0. The molecule has 0 aliphatic rings. The van der Waals surface area contributed by atoms with Gasteiger partial charge >= 0.3 is 0 Å². The topological polar surface area (TPSA) is 84.7 Å². The summed E-state index contributed by atoms with van der Waals surface area (Å²) in [5, 5.41) is 0. The zero-order chi connectivity index (χ0) is 10.8. The average molecular weight is 202 g/mol. The summed E-state index contributed by atoms with van der Waals surface area (Å²) in [6, 6.07) is 1.59. The van der Waals surface area contributed by atoms with Gasteiger partial charge in [-0.15, -0.1) is 0 Å². The van der Waals surface area contributed by atoms with E-state index in [1.54, 1.807) is 13.0 Å². The van der Waals surface area contributed by atoms with Crippen LogP contribution < -0.4 is 5.73 Å². The Balaban J connectivity index is 2.46. The monoisotopic (exact) mass is 202 g/mol. The van der Waals surface area contributed by atoms with Crippen LogP contribution in [0.2, 0.25) is 0 Å².